The molecule has 0 saturated heterocycles. The summed E-state index contributed by atoms with van der Waals surface area (Å²) in [6.07, 6.45) is 2.71. The van der Waals surface area contributed by atoms with Gasteiger partial charge in [0.2, 0.25) is 0 Å². The Morgan fingerprint density at radius 1 is 1.24 bits per heavy atom. The standard InChI is InChI=1S/C9H13N5O3/c10-7-6-8(12-4-11-7)14(5-13-6)1-9(17,2-15)3-16/h4-5,15-17H,1-3H2,(H2,10,11,12). The van der Waals surface area contributed by atoms with Crippen molar-refractivity contribution in [3.05, 3.63) is 12.7 Å². The van der Waals surface area contributed by atoms with Crippen LogP contribution in [0.2, 0.25) is 0 Å². The van der Waals surface area contributed by atoms with Crippen molar-refractivity contribution >= 4 is 17.0 Å². The normalized spacial score (nSPS) is 12.2. The van der Waals surface area contributed by atoms with Crippen LogP contribution in [0.3, 0.4) is 0 Å². The molecule has 0 fully saturated rings. The van der Waals surface area contributed by atoms with E-state index in [1.54, 1.807) is 0 Å². The zero-order chi connectivity index (χ0) is 12.5. The number of aromatic nitrogens is 4. The third-order valence-electron chi connectivity index (χ3n) is 2.48. The molecule has 0 unspecified atom stereocenters. The van der Waals surface area contributed by atoms with Crippen molar-refractivity contribution in [1.82, 2.24) is 19.5 Å². The molecule has 0 saturated carbocycles. The zero-order valence-electron chi connectivity index (χ0n) is 8.98. The minimum atomic E-state index is -1.62. The summed E-state index contributed by atoms with van der Waals surface area (Å²) >= 11 is 0. The number of fused-ring (bicyclic) bond motifs is 1. The Morgan fingerprint density at radius 2 is 1.94 bits per heavy atom. The quantitative estimate of drug-likeness (QED) is 0.491. The number of aliphatic hydroxyl groups excluding tert-OH is 2. The highest BCUT2D eigenvalue weighted by molar-refractivity contribution is 5.81. The molecule has 0 aromatic carbocycles. The van der Waals surface area contributed by atoms with E-state index >= 15 is 0 Å². The number of hydrogen-bond donors (Lipinski definition) is 4. The topological polar surface area (TPSA) is 130 Å². The van der Waals surface area contributed by atoms with Crippen LogP contribution in [0.4, 0.5) is 5.82 Å². The van der Waals surface area contributed by atoms with Crippen molar-refractivity contribution in [2.75, 3.05) is 18.9 Å². The van der Waals surface area contributed by atoms with Gasteiger partial charge in [-0.15, -0.1) is 0 Å². The minimum Gasteiger partial charge on any atom is -0.393 e. The number of nitrogen functional groups attached to an aromatic ring is 1. The predicted molar refractivity (Wildman–Crippen MR) is 58.9 cm³/mol. The molecule has 8 nitrogen and oxygen atoms in total. The van der Waals surface area contributed by atoms with Gasteiger partial charge >= 0.3 is 0 Å². The average Bonchev–Trinajstić information content (AvgIpc) is 2.74. The molecule has 2 aromatic rings. The fourth-order valence-electron chi connectivity index (χ4n) is 1.48. The predicted octanol–water partition coefficient (Wildman–Crippen LogP) is -1.88. The van der Waals surface area contributed by atoms with Crippen LogP contribution in [-0.2, 0) is 6.54 Å². The summed E-state index contributed by atoms with van der Waals surface area (Å²) in [5.41, 5.74) is 4.86. The van der Waals surface area contributed by atoms with Crippen LogP contribution in [-0.4, -0.2) is 53.7 Å². The molecule has 0 aliphatic rings. The first-order chi connectivity index (χ1) is 8.09. The Bertz CT molecular complexity index is 522. The van der Waals surface area contributed by atoms with Gasteiger partial charge in [0.1, 0.15) is 17.4 Å². The van der Waals surface area contributed by atoms with Crippen molar-refractivity contribution < 1.29 is 15.3 Å². The molecule has 0 amide bonds. The minimum absolute atomic E-state index is 0.0348. The van der Waals surface area contributed by atoms with Crippen LogP contribution >= 0.6 is 0 Å². The lowest BCUT2D eigenvalue weighted by atomic mass is 10.1. The van der Waals surface area contributed by atoms with Crippen molar-refractivity contribution in [2.45, 2.75) is 12.1 Å². The number of rotatable bonds is 4. The van der Waals surface area contributed by atoms with Crippen molar-refractivity contribution in [3.63, 3.8) is 0 Å². The van der Waals surface area contributed by atoms with Crippen LogP contribution < -0.4 is 5.73 Å². The SMILES string of the molecule is Nc1ncnc2c1ncn2CC(O)(CO)CO. The third kappa shape index (κ3) is 2.05. The number of aliphatic hydroxyl groups is 3. The molecule has 0 spiro atoms. The molecule has 0 radical (unpaired) electrons. The van der Waals surface area contributed by atoms with E-state index in [9.17, 15) is 5.11 Å². The Labute approximate surface area is 96.4 Å². The van der Waals surface area contributed by atoms with E-state index in [4.69, 9.17) is 15.9 Å². The van der Waals surface area contributed by atoms with E-state index in [1.807, 2.05) is 0 Å². The van der Waals surface area contributed by atoms with Gasteiger partial charge < -0.3 is 25.6 Å². The van der Waals surface area contributed by atoms with Crippen LogP contribution in [0, 0.1) is 0 Å². The van der Waals surface area contributed by atoms with Crippen molar-refractivity contribution in [3.8, 4) is 0 Å². The first-order valence-electron chi connectivity index (χ1n) is 4.95. The Hall–Kier alpha value is -1.77. The molecule has 5 N–H and O–H groups in total. The summed E-state index contributed by atoms with van der Waals surface area (Å²) in [7, 11) is 0. The first kappa shape index (κ1) is 11.7. The highest BCUT2D eigenvalue weighted by Gasteiger charge is 2.26. The average molecular weight is 239 g/mol. The summed E-state index contributed by atoms with van der Waals surface area (Å²) in [6.45, 7) is -1.17. The Morgan fingerprint density at radius 3 is 2.59 bits per heavy atom. The summed E-state index contributed by atoms with van der Waals surface area (Å²) in [5.74, 6) is 0.241. The van der Waals surface area contributed by atoms with Crippen LogP contribution in [0.15, 0.2) is 12.7 Å². The molecule has 2 rings (SSSR count). The molecule has 2 heterocycles. The van der Waals surface area contributed by atoms with Crippen LogP contribution in [0.5, 0.6) is 0 Å². The maximum absolute atomic E-state index is 9.81. The van der Waals surface area contributed by atoms with E-state index in [0.717, 1.165) is 0 Å². The Balaban J connectivity index is 2.40. The lowest BCUT2D eigenvalue weighted by Crippen LogP contribution is -2.41. The first-order valence-corrected chi connectivity index (χ1v) is 4.95. The summed E-state index contributed by atoms with van der Waals surface area (Å²) in [6, 6.07) is 0. The smallest absolute Gasteiger partial charge is 0.165 e. The lowest BCUT2D eigenvalue weighted by molar-refractivity contribution is -0.0653. The summed E-state index contributed by atoms with van der Waals surface area (Å²) < 4.78 is 1.50. The van der Waals surface area contributed by atoms with Crippen molar-refractivity contribution in [1.29, 1.82) is 0 Å². The van der Waals surface area contributed by atoms with Gasteiger partial charge in [-0.05, 0) is 0 Å². The van der Waals surface area contributed by atoms with E-state index in [2.05, 4.69) is 15.0 Å². The maximum atomic E-state index is 9.81. The molecule has 0 atom stereocenters. The third-order valence-corrected chi connectivity index (χ3v) is 2.48. The summed E-state index contributed by atoms with van der Waals surface area (Å²) in [4.78, 5) is 11.8. The molecule has 92 valence electrons. The van der Waals surface area contributed by atoms with Crippen LogP contribution in [0.1, 0.15) is 0 Å². The molecular formula is C9H13N5O3. The van der Waals surface area contributed by atoms with Gasteiger partial charge in [-0.25, -0.2) is 15.0 Å². The molecule has 0 bridgehead atoms. The highest BCUT2D eigenvalue weighted by Crippen LogP contribution is 2.16. The number of nitrogens with zero attached hydrogens (tertiary/aromatic N) is 4. The number of nitrogens with two attached hydrogens (primary N) is 1. The molecule has 0 aliphatic carbocycles. The van der Waals surface area contributed by atoms with Gasteiger partial charge in [-0.2, -0.15) is 0 Å². The number of imidazole rings is 1. The van der Waals surface area contributed by atoms with Gasteiger partial charge in [0.05, 0.1) is 26.1 Å². The highest BCUT2D eigenvalue weighted by atomic mass is 16.4. The fraction of sp³-hybridized carbons (Fsp3) is 0.444. The monoisotopic (exact) mass is 239 g/mol. The zero-order valence-corrected chi connectivity index (χ0v) is 8.98. The van der Waals surface area contributed by atoms with Gasteiger partial charge in [0.25, 0.3) is 0 Å². The molecule has 8 heteroatoms. The van der Waals surface area contributed by atoms with E-state index in [-0.39, 0.29) is 12.4 Å². The van der Waals surface area contributed by atoms with E-state index < -0.39 is 18.8 Å². The second kappa shape index (κ2) is 4.24. The van der Waals surface area contributed by atoms with E-state index in [1.165, 1.54) is 17.2 Å². The van der Waals surface area contributed by atoms with Crippen molar-refractivity contribution in [2.24, 2.45) is 0 Å². The van der Waals surface area contributed by atoms with Crippen LogP contribution in [0.25, 0.3) is 11.2 Å². The molecule has 2 aromatic heterocycles. The Kier molecular flexibility index (Phi) is 2.92. The fourth-order valence-corrected chi connectivity index (χ4v) is 1.48. The van der Waals surface area contributed by atoms with Gasteiger partial charge in [-0.3, -0.25) is 0 Å². The largest absolute Gasteiger partial charge is 0.393 e. The van der Waals surface area contributed by atoms with Gasteiger partial charge in [0, 0.05) is 0 Å². The number of hydrogen-bond acceptors (Lipinski definition) is 7. The molecular weight excluding hydrogens is 226 g/mol. The molecule has 0 aliphatic heterocycles. The second-order valence-electron chi connectivity index (χ2n) is 3.84. The van der Waals surface area contributed by atoms with E-state index in [0.29, 0.717) is 11.2 Å². The second-order valence-corrected chi connectivity index (χ2v) is 3.84. The maximum Gasteiger partial charge on any atom is 0.165 e. The summed E-state index contributed by atoms with van der Waals surface area (Å²) in [5, 5.41) is 27.8. The molecule has 17 heavy (non-hydrogen) atoms. The lowest BCUT2D eigenvalue weighted by Gasteiger charge is -2.23. The van der Waals surface area contributed by atoms with Gasteiger partial charge in [-0.1, -0.05) is 0 Å². The number of anilines is 1. The van der Waals surface area contributed by atoms with Gasteiger partial charge in [0.15, 0.2) is 11.5 Å².